The summed E-state index contributed by atoms with van der Waals surface area (Å²) >= 11 is 0. The van der Waals surface area contributed by atoms with Gasteiger partial charge in [-0.2, -0.15) is 0 Å². The van der Waals surface area contributed by atoms with Gasteiger partial charge < -0.3 is 0 Å². The van der Waals surface area contributed by atoms with Crippen LogP contribution in [0.2, 0.25) is 0 Å². The van der Waals surface area contributed by atoms with Crippen LogP contribution < -0.4 is 0 Å². The van der Waals surface area contributed by atoms with E-state index in [1.807, 2.05) is 24.3 Å². The van der Waals surface area contributed by atoms with Gasteiger partial charge in [-0.15, -0.1) is 0 Å². The van der Waals surface area contributed by atoms with Crippen molar-refractivity contribution in [3.8, 4) is 0 Å². The van der Waals surface area contributed by atoms with Crippen LogP contribution in [0.1, 0.15) is 6.42 Å². The van der Waals surface area contributed by atoms with Crippen LogP contribution in [0.5, 0.6) is 0 Å². The second kappa shape index (κ2) is 3.90. The Labute approximate surface area is 55.9 Å². The molecule has 0 saturated carbocycles. The van der Waals surface area contributed by atoms with E-state index in [2.05, 4.69) is 24.3 Å². The van der Waals surface area contributed by atoms with Crippen molar-refractivity contribution < 1.29 is 0 Å². The van der Waals surface area contributed by atoms with Gasteiger partial charge in [-0.3, -0.25) is 0 Å². The Balaban J connectivity index is 2.60. The molecular formula is C9H10. The highest BCUT2D eigenvalue weighted by molar-refractivity contribution is 5.18. The summed E-state index contributed by atoms with van der Waals surface area (Å²) in [7, 11) is 0. The van der Waals surface area contributed by atoms with E-state index < -0.39 is 0 Å². The van der Waals surface area contributed by atoms with Crippen molar-refractivity contribution in [3.05, 3.63) is 48.6 Å². The normalized spacial score (nSPS) is 31.1. The minimum atomic E-state index is 1.04. The molecule has 1 aliphatic rings. The minimum absolute atomic E-state index is 1.04. The molecule has 0 N–H and O–H groups in total. The van der Waals surface area contributed by atoms with E-state index in [4.69, 9.17) is 0 Å². The van der Waals surface area contributed by atoms with Gasteiger partial charge in [0.25, 0.3) is 0 Å². The maximum atomic E-state index is 2.12. The second-order valence-corrected chi connectivity index (χ2v) is 1.86. The number of allylic oxidation sites excluding steroid dienone is 8. The van der Waals surface area contributed by atoms with Crippen LogP contribution in [0.4, 0.5) is 0 Å². The Bertz CT molecular complexity index is 148. The van der Waals surface area contributed by atoms with Crippen molar-refractivity contribution in [3.63, 3.8) is 0 Å². The highest BCUT2D eigenvalue weighted by Crippen LogP contribution is 1.91. The summed E-state index contributed by atoms with van der Waals surface area (Å²) in [6, 6.07) is 0. The average Bonchev–Trinajstić information content (AvgIpc) is 2.00. The van der Waals surface area contributed by atoms with Gasteiger partial charge in [-0.1, -0.05) is 48.6 Å². The van der Waals surface area contributed by atoms with E-state index in [1.165, 1.54) is 0 Å². The molecule has 0 nitrogen and oxygen atoms in total. The SMILES string of the molecule is C1=C\C=C/C/C=C\C=C/1. The van der Waals surface area contributed by atoms with Crippen LogP contribution in [0.25, 0.3) is 0 Å². The molecule has 0 saturated heterocycles. The molecule has 9 heavy (non-hydrogen) atoms. The molecule has 0 bridgehead atoms. The molecule has 0 spiro atoms. The first-order valence-electron chi connectivity index (χ1n) is 3.15. The van der Waals surface area contributed by atoms with Crippen molar-refractivity contribution >= 4 is 0 Å². The maximum absolute atomic E-state index is 2.12. The van der Waals surface area contributed by atoms with Crippen molar-refractivity contribution in [2.45, 2.75) is 6.42 Å². The Morgan fingerprint density at radius 3 is 1.56 bits per heavy atom. The molecule has 0 radical (unpaired) electrons. The molecule has 0 heteroatoms. The topological polar surface area (TPSA) is 0 Å². The molecule has 46 valence electrons. The summed E-state index contributed by atoms with van der Waals surface area (Å²) in [4.78, 5) is 0. The second-order valence-electron chi connectivity index (χ2n) is 1.86. The predicted octanol–water partition coefficient (Wildman–Crippen LogP) is 2.61. The monoisotopic (exact) mass is 118 g/mol. The fourth-order valence-electron chi connectivity index (χ4n) is 0.649. The van der Waals surface area contributed by atoms with E-state index >= 15 is 0 Å². The molecule has 1 rings (SSSR count). The first-order chi connectivity index (χ1) is 4.50. The zero-order chi connectivity index (χ0) is 6.36. The van der Waals surface area contributed by atoms with Gasteiger partial charge in [0.15, 0.2) is 0 Å². The van der Waals surface area contributed by atoms with E-state index in [9.17, 15) is 0 Å². The van der Waals surface area contributed by atoms with Crippen molar-refractivity contribution in [1.29, 1.82) is 0 Å². The first-order valence-corrected chi connectivity index (χ1v) is 3.15. The van der Waals surface area contributed by atoms with Gasteiger partial charge in [-0.25, -0.2) is 0 Å². The molecule has 0 unspecified atom stereocenters. The van der Waals surface area contributed by atoms with Crippen molar-refractivity contribution in [2.75, 3.05) is 0 Å². The van der Waals surface area contributed by atoms with Crippen molar-refractivity contribution in [1.82, 2.24) is 0 Å². The summed E-state index contributed by atoms with van der Waals surface area (Å²) in [5.41, 5.74) is 0. The summed E-state index contributed by atoms with van der Waals surface area (Å²) in [5, 5.41) is 0. The third-order valence-electron chi connectivity index (χ3n) is 1.10. The van der Waals surface area contributed by atoms with Gasteiger partial charge in [-0.05, 0) is 6.42 Å². The molecule has 0 aliphatic heterocycles. The van der Waals surface area contributed by atoms with Crippen LogP contribution in [0.3, 0.4) is 0 Å². The summed E-state index contributed by atoms with van der Waals surface area (Å²) in [6.07, 6.45) is 17.5. The maximum Gasteiger partial charge on any atom is -0.0163 e. The van der Waals surface area contributed by atoms with Gasteiger partial charge in [0.1, 0.15) is 0 Å². The number of hydrogen-bond donors (Lipinski definition) is 0. The molecule has 0 aromatic rings. The Kier molecular flexibility index (Phi) is 2.64. The van der Waals surface area contributed by atoms with Crippen LogP contribution in [0.15, 0.2) is 48.6 Å². The van der Waals surface area contributed by atoms with E-state index in [0.717, 1.165) is 6.42 Å². The summed E-state index contributed by atoms with van der Waals surface area (Å²) in [5.74, 6) is 0. The minimum Gasteiger partial charge on any atom is -0.0807 e. The Morgan fingerprint density at radius 1 is 0.556 bits per heavy atom. The van der Waals surface area contributed by atoms with Crippen LogP contribution in [0, 0.1) is 0 Å². The largest absolute Gasteiger partial charge is 0.0807 e. The molecule has 0 amide bonds. The van der Waals surface area contributed by atoms with E-state index in [0.29, 0.717) is 0 Å². The molecule has 0 heterocycles. The van der Waals surface area contributed by atoms with Crippen molar-refractivity contribution in [2.24, 2.45) is 0 Å². The zero-order valence-electron chi connectivity index (χ0n) is 5.33. The fourth-order valence-corrected chi connectivity index (χ4v) is 0.649. The quantitative estimate of drug-likeness (QED) is 0.458. The third-order valence-corrected chi connectivity index (χ3v) is 1.10. The lowest BCUT2D eigenvalue weighted by Gasteiger charge is -1.74. The lowest BCUT2D eigenvalue weighted by atomic mass is 10.3. The highest BCUT2D eigenvalue weighted by atomic mass is 13.8. The summed E-state index contributed by atoms with van der Waals surface area (Å²) < 4.78 is 0. The van der Waals surface area contributed by atoms with Gasteiger partial charge in [0.2, 0.25) is 0 Å². The standard InChI is InChI=1S/C9H10/c1-2-4-6-8-9-7-5-3-1/h1-8H,9H2/b3-1-,4-2-,7-5-,8-6-. The van der Waals surface area contributed by atoms with Gasteiger partial charge in [0.05, 0.1) is 0 Å². The average molecular weight is 118 g/mol. The smallest absolute Gasteiger partial charge is 0.0163 e. The zero-order valence-corrected chi connectivity index (χ0v) is 5.33. The van der Waals surface area contributed by atoms with Gasteiger partial charge >= 0.3 is 0 Å². The van der Waals surface area contributed by atoms with Gasteiger partial charge in [0, 0.05) is 0 Å². The molecule has 1 aliphatic carbocycles. The lowest BCUT2D eigenvalue weighted by molar-refractivity contribution is 1.40. The molecular weight excluding hydrogens is 108 g/mol. The first kappa shape index (κ1) is 6.09. The Hall–Kier alpha value is -1.04. The number of hydrogen-bond acceptors (Lipinski definition) is 0. The lowest BCUT2D eigenvalue weighted by Crippen LogP contribution is -1.53. The van der Waals surface area contributed by atoms with E-state index in [1.54, 1.807) is 0 Å². The molecule has 0 aromatic carbocycles. The van der Waals surface area contributed by atoms with Crippen LogP contribution in [-0.2, 0) is 0 Å². The molecule has 0 aromatic heterocycles. The van der Waals surface area contributed by atoms with E-state index in [-0.39, 0.29) is 0 Å². The van der Waals surface area contributed by atoms with Crippen LogP contribution >= 0.6 is 0 Å². The summed E-state index contributed by atoms with van der Waals surface area (Å²) in [6.45, 7) is 0. The Morgan fingerprint density at radius 2 is 1.00 bits per heavy atom. The molecule has 0 atom stereocenters. The fraction of sp³-hybridized carbons (Fsp3) is 0.111. The molecule has 0 fully saturated rings. The highest BCUT2D eigenvalue weighted by Gasteiger charge is 1.70. The van der Waals surface area contributed by atoms with Crippen LogP contribution in [-0.4, -0.2) is 0 Å². The number of rotatable bonds is 0. The predicted molar refractivity (Wildman–Crippen MR) is 41.2 cm³/mol. The third kappa shape index (κ3) is 2.70.